The van der Waals surface area contributed by atoms with Crippen molar-refractivity contribution in [2.24, 2.45) is 0 Å². The number of hydrogen-bond acceptors (Lipinski definition) is 3. The topological polar surface area (TPSA) is 67.2 Å². The fraction of sp³-hybridized carbons (Fsp3) is 0.214. The minimum absolute atomic E-state index is 0.143. The number of anilines is 1. The number of urea groups is 1. The highest BCUT2D eigenvalue weighted by Crippen LogP contribution is 2.26. The van der Waals surface area contributed by atoms with Crippen LogP contribution in [0, 0.1) is 0 Å². The molecule has 1 aromatic heterocycles. The van der Waals surface area contributed by atoms with Crippen LogP contribution in [0.2, 0.25) is 0 Å². The molecule has 6 nitrogen and oxygen atoms in total. The third-order valence-corrected chi connectivity index (χ3v) is 3.27. The predicted molar refractivity (Wildman–Crippen MR) is 73.5 cm³/mol. The summed E-state index contributed by atoms with van der Waals surface area (Å²) in [6, 6.07) is 8.14. The molecule has 9 heteroatoms. The zero-order chi connectivity index (χ0) is 16.6. The average Bonchev–Trinajstić information content (AvgIpc) is 3.02. The largest absolute Gasteiger partial charge is 0.408 e. The lowest BCUT2D eigenvalue weighted by Gasteiger charge is -2.10. The van der Waals surface area contributed by atoms with E-state index in [2.05, 4.69) is 10.4 Å². The fourth-order valence-electron chi connectivity index (χ4n) is 2.31. The molecule has 2 heterocycles. The molecule has 0 radical (unpaired) electrons. The molecule has 0 saturated carbocycles. The number of carbonyl (C=O) groups is 2. The van der Waals surface area contributed by atoms with Crippen LogP contribution in [0.1, 0.15) is 11.6 Å². The highest BCUT2D eigenvalue weighted by Gasteiger charge is 2.41. The van der Waals surface area contributed by atoms with E-state index in [1.165, 1.54) is 6.07 Å². The van der Waals surface area contributed by atoms with Gasteiger partial charge in [-0.15, -0.1) is 0 Å². The van der Waals surface area contributed by atoms with Gasteiger partial charge in [-0.2, -0.15) is 18.3 Å². The second-order valence-corrected chi connectivity index (χ2v) is 4.95. The van der Waals surface area contributed by atoms with Gasteiger partial charge in [-0.1, -0.05) is 30.3 Å². The van der Waals surface area contributed by atoms with E-state index in [0.29, 0.717) is 10.2 Å². The first-order chi connectivity index (χ1) is 10.8. The number of halogens is 3. The van der Waals surface area contributed by atoms with Gasteiger partial charge in [0, 0.05) is 12.3 Å². The normalized spacial score (nSPS) is 18.4. The Balaban J connectivity index is 1.84. The van der Waals surface area contributed by atoms with Crippen LogP contribution >= 0.6 is 0 Å². The lowest BCUT2D eigenvalue weighted by molar-refractivity contribution is -0.142. The summed E-state index contributed by atoms with van der Waals surface area (Å²) in [5.41, 5.74) is 0.586. The summed E-state index contributed by atoms with van der Waals surface area (Å²) >= 11 is 0. The second-order valence-electron chi connectivity index (χ2n) is 4.95. The quantitative estimate of drug-likeness (QED) is 0.881. The summed E-state index contributed by atoms with van der Waals surface area (Å²) in [4.78, 5) is 25.1. The number of amides is 3. The van der Waals surface area contributed by atoms with Crippen LogP contribution in [0.25, 0.3) is 0 Å². The molecule has 0 spiro atoms. The van der Waals surface area contributed by atoms with Crippen LogP contribution in [0.4, 0.5) is 23.8 Å². The minimum Gasteiger partial charge on any atom is -0.321 e. The number of imide groups is 1. The van der Waals surface area contributed by atoms with E-state index in [1.807, 2.05) is 0 Å². The molecule has 1 atom stereocenters. The van der Waals surface area contributed by atoms with E-state index in [0.717, 1.165) is 11.1 Å². The van der Waals surface area contributed by atoms with Gasteiger partial charge < -0.3 is 5.32 Å². The van der Waals surface area contributed by atoms with Gasteiger partial charge in [0.15, 0.2) is 5.82 Å². The smallest absolute Gasteiger partial charge is 0.321 e. The van der Waals surface area contributed by atoms with Crippen molar-refractivity contribution in [2.75, 3.05) is 4.90 Å². The molecule has 3 rings (SSSR count). The summed E-state index contributed by atoms with van der Waals surface area (Å²) < 4.78 is 37.7. The van der Waals surface area contributed by atoms with Gasteiger partial charge in [-0.05, 0) is 5.56 Å². The van der Waals surface area contributed by atoms with Crippen LogP contribution in [-0.2, 0) is 11.3 Å². The zero-order valence-corrected chi connectivity index (χ0v) is 11.6. The molecule has 1 aromatic carbocycles. The van der Waals surface area contributed by atoms with Gasteiger partial charge in [0.05, 0.1) is 0 Å². The number of rotatable bonds is 3. The molecule has 0 aliphatic carbocycles. The summed E-state index contributed by atoms with van der Waals surface area (Å²) in [5.74, 6) is -0.728. The fourth-order valence-corrected chi connectivity index (χ4v) is 2.31. The first kappa shape index (κ1) is 15.1. The Morgan fingerprint density at radius 1 is 1.13 bits per heavy atom. The van der Waals surface area contributed by atoms with Crippen molar-refractivity contribution in [1.82, 2.24) is 15.1 Å². The third kappa shape index (κ3) is 3.03. The van der Waals surface area contributed by atoms with Crippen molar-refractivity contribution in [3.05, 3.63) is 48.2 Å². The number of carbonyl (C=O) groups excluding carboxylic acids is 2. The van der Waals surface area contributed by atoms with Crippen LogP contribution in [0.15, 0.2) is 42.6 Å². The maximum absolute atomic E-state index is 12.4. The maximum Gasteiger partial charge on any atom is 0.408 e. The monoisotopic (exact) mass is 324 g/mol. The molecular formula is C14H11F3N4O2. The van der Waals surface area contributed by atoms with Crippen molar-refractivity contribution in [3.63, 3.8) is 0 Å². The van der Waals surface area contributed by atoms with Crippen molar-refractivity contribution in [3.8, 4) is 0 Å². The molecule has 23 heavy (non-hydrogen) atoms. The molecule has 1 fully saturated rings. The van der Waals surface area contributed by atoms with Gasteiger partial charge in [0.25, 0.3) is 5.91 Å². The molecule has 1 aliphatic rings. The van der Waals surface area contributed by atoms with E-state index >= 15 is 0 Å². The lowest BCUT2D eigenvalue weighted by atomic mass is 10.1. The third-order valence-electron chi connectivity index (χ3n) is 3.27. The Kier molecular flexibility index (Phi) is 3.55. The first-order valence-corrected chi connectivity index (χ1v) is 6.65. The molecule has 1 N–H and O–H groups in total. The zero-order valence-electron chi connectivity index (χ0n) is 11.6. The van der Waals surface area contributed by atoms with Crippen molar-refractivity contribution in [1.29, 1.82) is 0 Å². The van der Waals surface area contributed by atoms with Crippen LogP contribution in [0.3, 0.4) is 0 Å². The Morgan fingerprint density at radius 3 is 2.48 bits per heavy atom. The van der Waals surface area contributed by atoms with Crippen molar-refractivity contribution in [2.45, 2.75) is 18.8 Å². The van der Waals surface area contributed by atoms with Gasteiger partial charge in [0.1, 0.15) is 12.6 Å². The molecule has 120 valence electrons. The number of aromatic nitrogens is 2. The molecule has 1 unspecified atom stereocenters. The first-order valence-electron chi connectivity index (χ1n) is 6.65. The SMILES string of the molecule is O=C1NC(c2ccccc2)C(=O)N1c1ccn(CC(F)(F)F)n1. The second kappa shape index (κ2) is 5.41. The molecule has 2 aromatic rings. The van der Waals surface area contributed by atoms with E-state index in [4.69, 9.17) is 0 Å². The lowest BCUT2D eigenvalue weighted by Crippen LogP contribution is -2.31. The predicted octanol–water partition coefficient (Wildman–Crippen LogP) is 2.24. The van der Waals surface area contributed by atoms with Crippen LogP contribution in [0.5, 0.6) is 0 Å². The van der Waals surface area contributed by atoms with E-state index < -0.39 is 30.7 Å². The number of benzene rings is 1. The van der Waals surface area contributed by atoms with E-state index in [9.17, 15) is 22.8 Å². The van der Waals surface area contributed by atoms with Crippen LogP contribution < -0.4 is 10.2 Å². The Bertz CT molecular complexity index is 742. The highest BCUT2D eigenvalue weighted by atomic mass is 19.4. The van der Waals surface area contributed by atoms with Crippen LogP contribution in [-0.4, -0.2) is 27.9 Å². The summed E-state index contributed by atoms with van der Waals surface area (Å²) in [6.45, 7) is -1.29. The van der Waals surface area contributed by atoms with Gasteiger partial charge in [-0.3, -0.25) is 9.48 Å². The highest BCUT2D eigenvalue weighted by molar-refractivity contribution is 6.20. The van der Waals surface area contributed by atoms with Gasteiger partial charge >= 0.3 is 12.2 Å². The minimum atomic E-state index is -4.44. The molecule has 3 amide bonds. The van der Waals surface area contributed by atoms with E-state index in [1.54, 1.807) is 30.3 Å². The summed E-state index contributed by atoms with van der Waals surface area (Å²) in [7, 11) is 0. The Labute approximate surface area is 128 Å². The standard InChI is InChI=1S/C14H11F3N4O2/c15-14(16,17)8-20-7-6-10(19-20)21-12(22)11(18-13(21)23)9-4-2-1-3-5-9/h1-7,11H,8H2,(H,18,23). The molecule has 0 bridgehead atoms. The number of nitrogens with zero attached hydrogens (tertiary/aromatic N) is 3. The molecule has 1 aliphatic heterocycles. The Hall–Kier alpha value is -2.84. The maximum atomic E-state index is 12.4. The Morgan fingerprint density at radius 2 is 1.83 bits per heavy atom. The van der Waals surface area contributed by atoms with Crippen molar-refractivity contribution >= 4 is 17.8 Å². The number of hydrogen-bond donors (Lipinski definition) is 1. The van der Waals surface area contributed by atoms with E-state index in [-0.39, 0.29) is 5.82 Å². The average molecular weight is 324 g/mol. The number of nitrogens with one attached hydrogen (secondary N) is 1. The van der Waals surface area contributed by atoms with Gasteiger partial charge in [0.2, 0.25) is 0 Å². The number of alkyl halides is 3. The van der Waals surface area contributed by atoms with Crippen molar-refractivity contribution < 1.29 is 22.8 Å². The summed E-state index contributed by atoms with van der Waals surface area (Å²) in [5, 5.41) is 6.14. The summed E-state index contributed by atoms with van der Waals surface area (Å²) in [6.07, 6.45) is -3.37. The molecular weight excluding hydrogens is 313 g/mol. The molecule has 1 saturated heterocycles. The van der Waals surface area contributed by atoms with Gasteiger partial charge in [-0.25, -0.2) is 9.69 Å².